The van der Waals surface area contributed by atoms with E-state index in [1.54, 1.807) is 0 Å². The van der Waals surface area contributed by atoms with E-state index in [1.807, 2.05) is 0 Å². The zero-order valence-corrected chi connectivity index (χ0v) is 10.4. The Morgan fingerprint density at radius 1 is 1.31 bits per heavy atom. The SMILES string of the molecule is Cc1ccc(OC2CCNC(C)C2)c(C)c1. The molecule has 2 nitrogen and oxygen atoms in total. The molecule has 0 amide bonds. The minimum Gasteiger partial charge on any atom is -0.490 e. The molecule has 1 aromatic carbocycles. The fourth-order valence-corrected chi connectivity index (χ4v) is 2.30. The van der Waals surface area contributed by atoms with Crippen LogP contribution in [0.4, 0.5) is 0 Å². The Kier molecular flexibility index (Phi) is 3.49. The second kappa shape index (κ2) is 4.88. The minimum atomic E-state index is 0.373. The van der Waals surface area contributed by atoms with E-state index in [0.717, 1.165) is 25.1 Å². The topological polar surface area (TPSA) is 21.3 Å². The predicted octanol–water partition coefficient (Wildman–Crippen LogP) is 2.82. The molecule has 1 fully saturated rings. The molecule has 2 rings (SSSR count). The van der Waals surface area contributed by atoms with Crippen LogP contribution < -0.4 is 10.1 Å². The molecule has 1 aliphatic rings. The third kappa shape index (κ3) is 2.76. The molecular formula is C14H21NO. The van der Waals surface area contributed by atoms with E-state index in [-0.39, 0.29) is 0 Å². The van der Waals surface area contributed by atoms with E-state index in [4.69, 9.17) is 4.74 Å². The van der Waals surface area contributed by atoms with E-state index in [1.165, 1.54) is 11.1 Å². The maximum atomic E-state index is 6.07. The average molecular weight is 219 g/mol. The number of hydrogen-bond donors (Lipinski definition) is 1. The lowest BCUT2D eigenvalue weighted by Gasteiger charge is -2.29. The van der Waals surface area contributed by atoms with Gasteiger partial charge in [-0.25, -0.2) is 0 Å². The quantitative estimate of drug-likeness (QED) is 0.826. The lowest BCUT2D eigenvalue weighted by Crippen LogP contribution is -2.40. The van der Waals surface area contributed by atoms with Gasteiger partial charge in [0, 0.05) is 6.04 Å². The third-order valence-corrected chi connectivity index (χ3v) is 3.20. The van der Waals surface area contributed by atoms with Crippen LogP contribution in [0.1, 0.15) is 30.9 Å². The predicted molar refractivity (Wildman–Crippen MR) is 67.0 cm³/mol. The van der Waals surface area contributed by atoms with Crippen LogP contribution in [0.15, 0.2) is 18.2 Å². The number of benzene rings is 1. The first-order valence-electron chi connectivity index (χ1n) is 6.12. The third-order valence-electron chi connectivity index (χ3n) is 3.20. The Morgan fingerprint density at radius 2 is 2.12 bits per heavy atom. The van der Waals surface area contributed by atoms with Gasteiger partial charge in [0.25, 0.3) is 0 Å². The van der Waals surface area contributed by atoms with Crippen LogP contribution in [0.2, 0.25) is 0 Å². The monoisotopic (exact) mass is 219 g/mol. The van der Waals surface area contributed by atoms with Crippen LogP contribution in [0.5, 0.6) is 5.75 Å². The molecule has 0 aromatic heterocycles. The summed E-state index contributed by atoms with van der Waals surface area (Å²) in [4.78, 5) is 0. The zero-order valence-electron chi connectivity index (χ0n) is 10.4. The van der Waals surface area contributed by atoms with E-state index >= 15 is 0 Å². The summed E-state index contributed by atoms with van der Waals surface area (Å²) in [5.41, 5.74) is 2.54. The molecule has 2 unspecified atom stereocenters. The molecule has 1 heterocycles. The zero-order chi connectivity index (χ0) is 11.5. The first kappa shape index (κ1) is 11.5. The highest BCUT2D eigenvalue weighted by Gasteiger charge is 2.19. The average Bonchev–Trinajstić information content (AvgIpc) is 2.22. The molecule has 0 bridgehead atoms. The molecule has 1 N–H and O–H groups in total. The lowest BCUT2D eigenvalue weighted by atomic mass is 10.0. The van der Waals surface area contributed by atoms with Crippen LogP contribution in [0.25, 0.3) is 0 Å². The van der Waals surface area contributed by atoms with Gasteiger partial charge in [-0.2, -0.15) is 0 Å². The minimum absolute atomic E-state index is 0.373. The lowest BCUT2D eigenvalue weighted by molar-refractivity contribution is 0.143. The highest BCUT2D eigenvalue weighted by atomic mass is 16.5. The van der Waals surface area contributed by atoms with Crippen molar-refractivity contribution < 1.29 is 4.74 Å². The van der Waals surface area contributed by atoms with E-state index in [2.05, 4.69) is 44.3 Å². The molecule has 1 aromatic rings. The second-order valence-corrected chi connectivity index (χ2v) is 4.89. The van der Waals surface area contributed by atoms with E-state index in [9.17, 15) is 0 Å². The van der Waals surface area contributed by atoms with Gasteiger partial charge >= 0.3 is 0 Å². The van der Waals surface area contributed by atoms with Gasteiger partial charge in [-0.1, -0.05) is 17.7 Å². The smallest absolute Gasteiger partial charge is 0.122 e. The molecule has 1 aliphatic heterocycles. The Labute approximate surface area is 98.0 Å². The van der Waals surface area contributed by atoms with Gasteiger partial charge in [-0.3, -0.25) is 0 Å². The molecule has 0 spiro atoms. The van der Waals surface area contributed by atoms with Crippen molar-refractivity contribution in [3.05, 3.63) is 29.3 Å². The molecule has 1 saturated heterocycles. The van der Waals surface area contributed by atoms with Crippen LogP contribution in [-0.4, -0.2) is 18.7 Å². The number of rotatable bonds is 2. The number of aryl methyl sites for hydroxylation is 2. The summed E-state index contributed by atoms with van der Waals surface area (Å²) < 4.78 is 6.07. The highest BCUT2D eigenvalue weighted by Crippen LogP contribution is 2.23. The van der Waals surface area contributed by atoms with Crippen LogP contribution >= 0.6 is 0 Å². The number of piperidine rings is 1. The van der Waals surface area contributed by atoms with Gasteiger partial charge in [-0.15, -0.1) is 0 Å². The van der Waals surface area contributed by atoms with Crippen molar-refractivity contribution in [1.82, 2.24) is 5.32 Å². The van der Waals surface area contributed by atoms with Crippen molar-refractivity contribution in [1.29, 1.82) is 0 Å². The van der Waals surface area contributed by atoms with Crippen molar-refractivity contribution in [3.8, 4) is 5.75 Å². The van der Waals surface area contributed by atoms with Gasteiger partial charge in [0.05, 0.1) is 0 Å². The summed E-state index contributed by atoms with van der Waals surface area (Å²) in [7, 11) is 0. The molecule has 16 heavy (non-hydrogen) atoms. The summed E-state index contributed by atoms with van der Waals surface area (Å²) in [5.74, 6) is 1.05. The summed E-state index contributed by atoms with van der Waals surface area (Å²) >= 11 is 0. The maximum Gasteiger partial charge on any atom is 0.122 e. The number of hydrogen-bond acceptors (Lipinski definition) is 2. The van der Waals surface area contributed by atoms with Gasteiger partial charge in [0.2, 0.25) is 0 Å². The van der Waals surface area contributed by atoms with Crippen molar-refractivity contribution in [2.24, 2.45) is 0 Å². The summed E-state index contributed by atoms with van der Waals surface area (Å²) in [6.07, 6.45) is 2.59. The maximum absolute atomic E-state index is 6.07. The van der Waals surface area contributed by atoms with Crippen molar-refractivity contribution in [2.45, 2.75) is 45.8 Å². The Morgan fingerprint density at radius 3 is 2.81 bits per heavy atom. The van der Waals surface area contributed by atoms with Crippen LogP contribution in [0, 0.1) is 13.8 Å². The first-order chi connectivity index (χ1) is 7.65. The van der Waals surface area contributed by atoms with E-state index in [0.29, 0.717) is 12.1 Å². The molecule has 0 saturated carbocycles. The van der Waals surface area contributed by atoms with Gasteiger partial charge in [0.15, 0.2) is 0 Å². The molecular weight excluding hydrogens is 198 g/mol. The second-order valence-electron chi connectivity index (χ2n) is 4.89. The summed E-state index contributed by atoms with van der Waals surface area (Å²) in [6, 6.07) is 6.97. The van der Waals surface area contributed by atoms with Gasteiger partial charge < -0.3 is 10.1 Å². The van der Waals surface area contributed by atoms with Crippen LogP contribution in [-0.2, 0) is 0 Å². The number of nitrogens with one attached hydrogen (secondary N) is 1. The molecule has 0 radical (unpaired) electrons. The first-order valence-corrected chi connectivity index (χ1v) is 6.12. The highest BCUT2D eigenvalue weighted by molar-refractivity contribution is 5.35. The van der Waals surface area contributed by atoms with E-state index < -0.39 is 0 Å². The summed E-state index contributed by atoms with van der Waals surface area (Å²) in [5, 5.41) is 3.44. The van der Waals surface area contributed by atoms with Gasteiger partial charge in [0.1, 0.15) is 11.9 Å². The standard InChI is InChI=1S/C14H21NO/c1-10-4-5-14(11(2)8-10)16-13-6-7-15-12(3)9-13/h4-5,8,12-13,15H,6-7,9H2,1-3H3. The molecule has 88 valence electrons. The fraction of sp³-hybridized carbons (Fsp3) is 0.571. The van der Waals surface area contributed by atoms with Crippen molar-refractivity contribution >= 4 is 0 Å². The van der Waals surface area contributed by atoms with Crippen molar-refractivity contribution in [3.63, 3.8) is 0 Å². The Bertz CT molecular complexity index is 362. The fourth-order valence-electron chi connectivity index (χ4n) is 2.30. The Balaban J connectivity index is 2.02. The molecule has 0 aliphatic carbocycles. The molecule has 2 atom stereocenters. The normalized spacial score (nSPS) is 25.4. The van der Waals surface area contributed by atoms with Gasteiger partial charge in [-0.05, 0) is 51.8 Å². The van der Waals surface area contributed by atoms with Crippen molar-refractivity contribution in [2.75, 3.05) is 6.54 Å². The largest absolute Gasteiger partial charge is 0.490 e. The number of ether oxygens (including phenoxy) is 1. The van der Waals surface area contributed by atoms with Crippen LogP contribution in [0.3, 0.4) is 0 Å². The Hall–Kier alpha value is -1.02. The molecule has 2 heteroatoms. The summed E-state index contributed by atoms with van der Waals surface area (Å²) in [6.45, 7) is 7.52.